The highest BCUT2D eigenvalue weighted by atomic mass is 35.5. The van der Waals surface area contributed by atoms with Gasteiger partial charge in [0.25, 0.3) is 10.0 Å². The first-order valence-corrected chi connectivity index (χ1v) is 10.0. The van der Waals surface area contributed by atoms with Crippen LogP contribution in [0.5, 0.6) is 0 Å². The molecule has 10 heteroatoms. The van der Waals surface area contributed by atoms with Crippen LogP contribution in [0.1, 0.15) is 50.7 Å². The van der Waals surface area contributed by atoms with E-state index in [1.54, 1.807) is 16.9 Å². The summed E-state index contributed by atoms with van der Waals surface area (Å²) < 4.78 is 39.9. The van der Waals surface area contributed by atoms with Crippen molar-refractivity contribution in [2.24, 2.45) is 0 Å². The fourth-order valence-electron chi connectivity index (χ4n) is 2.51. The Morgan fingerprint density at radius 3 is 2.19 bits per heavy atom. The van der Waals surface area contributed by atoms with Crippen LogP contribution in [0.15, 0.2) is 29.7 Å². The molecule has 2 aromatic rings. The molecule has 0 unspecified atom stereocenters. The number of nitrogens with one attached hydrogen (secondary N) is 2. The van der Waals surface area contributed by atoms with Gasteiger partial charge in [0.1, 0.15) is 6.33 Å². The molecule has 2 rings (SSSR count). The third-order valence-corrected chi connectivity index (χ3v) is 5.24. The summed E-state index contributed by atoms with van der Waals surface area (Å²) in [5.74, 6) is -1.12. The summed E-state index contributed by atoms with van der Waals surface area (Å²) in [6.45, 7) is 7.69. The predicted octanol–water partition coefficient (Wildman–Crippen LogP) is 4.03. The third kappa shape index (κ3) is 4.92. The lowest BCUT2D eigenvalue weighted by Crippen LogP contribution is -2.36. The van der Waals surface area contributed by atoms with Crippen LogP contribution in [-0.2, 0) is 10.0 Å². The molecule has 0 bridgehead atoms. The first-order valence-electron chi connectivity index (χ1n) is 8.15. The summed E-state index contributed by atoms with van der Waals surface area (Å²) in [4.78, 5) is 19.1. The lowest BCUT2D eigenvalue weighted by atomic mass is 9.92. The minimum atomic E-state index is -4.50. The maximum Gasteiger partial charge on any atom is 0.333 e. The molecule has 27 heavy (non-hydrogen) atoms. The maximum atomic E-state index is 13.7. The smallest absolute Gasteiger partial charge is 0.307 e. The summed E-state index contributed by atoms with van der Waals surface area (Å²) >= 11 is 6.17. The number of nitrogens with zero attached hydrogens (tertiary/aromatic N) is 2. The number of urea groups is 1. The second-order valence-corrected chi connectivity index (χ2v) is 8.54. The van der Waals surface area contributed by atoms with Crippen molar-refractivity contribution < 1.29 is 17.6 Å². The van der Waals surface area contributed by atoms with Gasteiger partial charge < -0.3 is 5.32 Å². The van der Waals surface area contributed by atoms with Gasteiger partial charge in [-0.2, -0.15) is 8.42 Å². The van der Waals surface area contributed by atoms with Gasteiger partial charge in [0.2, 0.25) is 5.03 Å². The van der Waals surface area contributed by atoms with Crippen LogP contribution in [0.3, 0.4) is 0 Å². The summed E-state index contributed by atoms with van der Waals surface area (Å²) in [6.07, 6.45) is 1.58. The standard InChI is InChI=1S/C17H20ClFN4O3S/c1-9(2)12-5-11(18)6-13(10(3)4)15(12)22-17(24)23-27(25,26)16-14(19)7-20-8-21-16/h5-10H,1-4H3,(H2,22,23,24). The molecule has 0 saturated carbocycles. The van der Waals surface area contributed by atoms with E-state index < -0.39 is 26.9 Å². The topological polar surface area (TPSA) is 101 Å². The van der Waals surface area contributed by atoms with E-state index in [0.717, 1.165) is 17.5 Å². The fraction of sp³-hybridized carbons (Fsp3) is 0.353. The van der Waals surface area contributed by atoms with E-state index in [0.29, 0.717) is 16.9 Å². The number of carbonyl (C=O) groups excluding carboxylic acids is 1. The molecule has 0 aliphatic rings. The largest absolute Gasteiger partial charge is 0.333 e. The Balaban J connectivity index is 2.37. The van der Waals surface area contributed by atoms with Crippen molar-refractivity contribution in [2.75, 3.05) is 5.32 Å². The Kier molecular flexibility index (Phi) is 6.38. The van der Waals surface area contributed by atoms with Gasteiger partial charge in [0.15, 0.2) is 5.82 Å². The molecule has 146 valence electrons. The van der Waals surface area contributed by atoms with Gasteiger partial charge in [-0.05, 0) is 35.1 Å². The number of anilines is 1. The quantitative estimate of drug-likeness (QED) is 0.719. The van der Waals surface area contributed by atoms with Crippen molar-refractivity contribution in [1.29, 1.82) is 0 Å². The monoisotopic (exact) mass is 414 g/mol. The summed E-state index contributed by atoms with van der Waals surface area (Å²) in [6, 6.07) is 2.40. The van der Waals surface area contributed by atoms with Crippen LogP contribution >= 0.6 is 11.6 Å². The molecule has 0 aliphatic carbocycles. The summed E-state index contributed by atoms with van der Waals surface area (Å²) in [5, 5.41) is 2.17. The molecule has 2 N–H and O–H groups in total. The number of hydrogen-bond acceptors (Lipinski definition) is 5. The van der Waals surface area contributed by atoms with Crippen LogP contribution in [-0.4, -0.2) is 24.4 Å². The second-order valence-electron chi connectivity index (χ2n) is 6.50. The van der Waals surface area contributed by atoms with Gasteiger partial charge in [-0.1, -0.05) is 39.3 Å². The summed E-state index contributed by atoms with van der Waals surface area (Å²) in [7, 11) is -4.50. The molecule has 1 heterocycles. The molecular formula is C17H20ClFN4O3S. The normalized spacial score (nSPS) is 11.7. The van der Waals surface area contributed by atoms with Crippen molar-refractivity contribution >= 4 is 33.3 Å². The molecule has 0 radical (unpaired) electrons. The molecule has 2 amide bonds. The average Bonchev–Trinajstić information content (AvgIpc) is 2.55. The zero-order chi connectivity index (χ0) is 20.4. The van der Waals surface area contributed by atoms with E-state index in [1.807, 2.05) is 27.7 Å². The van der Waals surface area contributed by atoms with Gasteiger partial charge in [-0.3, -0.25) is 0 Å². The molecule has 0 fully saturated rings. The highest BCUT2D eigenvalue weighted by Crippen LogP contribution is 2.35. The highest BCUT2D eigenvalue weighted by Gasteiger charge is 2.25. The Labute approximate surface area is 162 Å². The Bertz CT molecular complexity index is 935. The number of aromatic nitrogens is 2. The van der Waals surface area contributed by atoms with E-state index in [9.17, 15) is 17.6 Å². The van der Waals surface area contributed by atoms with Crippen molar-refractivity contribution in [1.82, 2.24) is 14.7 Å². The lowest BCUT2D eigenvalue weighted by molar-refractivity contribution is 0.256. The number of hydrogen-bond donors (Lipinski definition) is 2. The van der Waals surface area contributed by atoms with E-state index in [2.05, 4.69) is 15.3 Å². The maximum absolute atomic E-state index is 13.7. The molecule has 1 aromatic carbocycles. The fourth-order valence-corrected chi connectivity index (χ4v) is 3.64. The van der Waals surface area contributed by atoms with Crippen LogP contribution < -0.4 is 10.0 Å². The first kappa shape index (κ1) is 21.0. The minimum absolute atomic E-state index is 0.0208. The Morgan fingerprint density at radius 1 is 1.15 bits per heavy atom. The van der Waals surface area contributed by atoms with E-state index >= 15 is 0 Å². The highest BCUT2D eigenvalue weighted by molar-refractivity contribution is 7.90. The Morgan fingerprint density at radius 2 is 1.70 bits per heavy atom. The zero-order valence-corrected chi connectivity index (χ0v) is 16.8. The average molecular weight is 415 g/mol. The molecule has 0 aliphatic heterocycles. The number of rotatable bonds is 5. The number of sulfonamides is 1. The van der Waals surface area contributed by atoms with Gasteiger partial charge in [0.05, 0.1) is 6.20 Å². The molecular weight excluding hydrogens is 395 g/mol. The number of halogens is 2. The minimum Gasteiger partial charge on any atom is -0.307 e. The van der Waals surface area contributed by atoms with Crippen LogP contribution in [0.4, 0.5) is 14.9 Å². The second kappa shape index (κ2) is 8.18. The third-order valence-electron chi connectivity index (χ3n) is 3.76. The van der Waals surface area contributed by atoms with Crippen LogP contribution in [0.2, 0.25) is 5.02 Å². The lowest BCUT2D eigenvalue weighted by Gasteiger charge is -2.21. The number of benzene rings is 1. The molecule has 0 atom stereocenters. The van der Waals surface area contributed by atoms with Crippen molar-refractivity contribution in [3.63, 3.8) is 0 Å². The van der Waals surface area contributed by atoms with Crippen LogP contribution in [0, 0.1) is 5.82 Å². The molecule has 0 saturated heterocycles. The van der Waals surface area contributed by atoms with Crippen LogP contribution in [0.25, 0.3) is 0 Å². The summed E-state index contributed by atoms with van der Waals surface area (Å²) in [5.41, 5.74) is 1.99. The van der Waals surface area contributed by atoms with Crippen molar-refractivity contribution in [3.8, 4) is 0 Å². The first-order chi connectivity index (χ1) is 12.5. The van der Waals surface area contributed by atoms with Crippen molar-refractivity contribution in [2.45, 2.75) is 44.6 Å². The molecule has 1 aromatic heterocycles. The SMILES string of the molecule is CC(C)c1cc(Cl)cc(C(C)C)c1NC(=O)NS(=O)(=O)c1ncncc1F. The number of amides is 2. The number of carbonyl (C=O) groups is 1. The van der Waals surface area contributed by atoms with Gasteiger partial charge in [0, 0.05) is 10.7 Å². The molecule has 7 nitrogen and oxygen atoms in total. The van der Waals surface area contributed by atoms with E-state index in [4.69, 9.17) is 11.6 Å². The zero-order valence-electron chi connectivity index (χ0n) is 15.2. The van der Waals surface area contributed by atoms with Gasteiger partial charge in [-0.15, -0.1) is 0 Å². The van der Waals surface area contributed by atoms with Gasteiger partial charge >= 0.3 is 6.03 Å². The predicted molar refractivity (Wildman–Crippen MR) is 101 cm³/mol. The van der Waals surface area contributed by atoms with Crippen molar-refractivity contribution in [3.05, 3.63) is 46.6 Å². The van der Waals surface area contributed by atoms with Gasteiger partial charge in [-0.25, -0.2) is 23.9 Å². The van der Waals surface area contributed by atoms with E-state index in [-0.39, 0.29) is 11.8 Å². The Hall–Kier alpha value is -2.26. The van der Waals surface area contributed by atoms with E-state index in [1.165, 1.54) is 0 Å². The molecule has 0 spiro atoms.